The van der Waals surface area contributed by atoms with Crippen LogP contribution < -0.4 is 5.32 Å². The second-order valence-electron chi connectivity index (χ2n) is 3.86. The van der Waals surface area contributed by atoms with Crippen molar-refractivity contribution in [3.05, 3.63) is 47.6 Å². The first kappa shape index (κ1) is 13.2. The molecule has 0 radical (unpaired) electrons. The molecule has 0 unspecified atom stereocenters. The van der Waals surface area contributed by atoms with E-state index >= 15 is 0 Å². The molecule has 0 aliphatic rings. The Balaban J connectivity index is 2.09. The summed E-state index contributed by atoms with van der Waals surface area (Å²) in [7, 11) is 0. The molecule has 1 heterocycles. The van der Waals surface area contributed by atoms with E-state index in [9.17, 15) is 0 Å². The molecule has 2 aromatic rings. The van der Waals surface area contributed by atoms with Crippen molar-refractivity contribution in [1.29, 1.82) is 0 Å². The SMILES string of the molecule is CCCNc1cc(Sc2cccc(Cl)c2)ccn1. The van der Waals surface area contributed by atoms with E-state index in [1.54, 1.807) is 11.8 Å². The number of nitrogens with one attached hydrogen (secondary N) is 1. The highest BCUT2D eigenvalue weighted by molar-refractivity contribution is 7.99. The van der Waals surface area contributed by atoms with Crippen LogP contribution in [-0.4, -0.2) is 11.5 Å². The van der Waals surface area contributed by atoms with Crippen molar-refractivity contribution in [3.63, 3.8) is 0 Å². The third kappa shape index (κ3) is 3.93. The van der Waals surface area contributed by atoms with Crippen LogP contribution in [-0.2, 0) is 0 Å². The smallest absolute Gasteiger partial charge is 0.127 e. The van der Waals surface area contributed by atoms with Crippen LogP contribution in [0.2, 0.25) is 5.02 Å². The topological polar surface area (TPSA) is 24.9 Å². The lowest BCUT2D eigenvalue weighted by Crippen LogP contribution is -2.01. The summed E-state index contributed by atoms with van der Waals surface area (Å²) in [4.78, 5) is 6.58. The molecule has 0 saturated heterocycles. The summed E-state index contributed by atoms with van der Waals surface area (Å²) in [5, 5.41) is 4.04. The number of nitrogens with zero attached hydrogens (tertiary/aromatic N) is 1. The highest BCUT2D eigenvalue weighted by atomic mass is 35.5. The summed E-state index contributed by atoms with van der Waals surface area (Å²) in [6.07, 6.45) is 2.91. The molecule has 0 saturated carbocycles. The van der Waals surface area contributed by atoms with Gasteiger partial charge in [0.1, 0.15) is 5.82 Å². The van der Waals surface area contributed by atoms with Crippen LogP contribution in [0.4, 0.5) is 5.82 Å². The van der Waals surface area contributed by atoms with Gasteiger partial charge in [0.25, 0.3) is 0 Å². The lowest BCUT2D eigenvalue weighted by Gasteiger charge is -2.06. The lowest BCUT2D eigenvalue weighted by atomic mass is 10.4. The van der Waals surface area contributed by atoms with Gasteiger partial charge in [0.05, 0.1) is 0 Å². The van der Waals surface area contributed by atoms with E-state index in [0.717, 1.165) is 33.6 Å². The van der Waals surface area contributed by atoms with Gasteiger partial charge in [0.15, 0.2) is 0 Å². The predicted molar refractivity (Wildman–Crippen MR) is 78.6 cm³/mol. The number of halogens is 1. The largest absolute Gasteiger partial charge is 0.370 e. The summed E-state index contributed by atoms with van der Waals surface area (Å²) in [6.45, 7) is 3.08. The average molecular weight is 279 g/mol. The highest BCUT2D eigenvalue weighted by Gasteiger charge is 2.00. The fourth-order valence-corrected chi connectivity index (χ4v) is 2.65. The number of hydrogen-bond donors (Lipinski definition) is 1. The molecule has 1 N–H and O–H groups in total. The van der Waals surface area contributed by atoms with Gasteiger partial charge < -0.3 is 5.32 Å². The van der Waals surface area contributed by atoms with Gasteiger partial charge in [0.2, 0.25) is 0 Å². The summed E-state index contributed by atoms with van der Waals surface area (Å²) in [6, 6.07) is 11.9. The van der Waals surface area contributed by atoms with Gasteiger partial charge in [-0.1, -0.05) is 36.4 Å². The van der Waals surface area contributed by atoms with E-state index in [1.165, 1.54) is 0 Å². The van der Waals surface area contributed by atoms with Crippen LogP contribution in [0, 0.1) is 0 Å². The molecular weight excluding hydrogens is 264 g/mol. The van der Waals surface area contributed by atoms with Gasteiger partial charge in [-0.2, -0.15) is 0 Å². The van der Waals surface area contributed by atoms with Crippen LogP contribution in [0.25, 0.3) is 0 Å². The third-order valence-electron chi connectivity index (χ3n) is 2.32. The minimum Gasteiger partial charge on any atom is -0.370 e. The molecule has 4 heteroatoms. The van der Waals surface area contributed by atoms with Crippen molar-refractivity contribution < 1.29 is 0 Å². The number of aromatic nitrogens is 1. The first-order valence-electron chi connectivity index (χ1n) is 5.91. The minimum atomic E-state index is 0.762. The molecule has 0 spiro atoms. The standard InChI is InChI=1S/C14H15ClN2S/c1-2-7-16-14-10-13(6-8-17-14)18-12-5-3-4-11(15)9-12/h3-6,8-10H,2,7H2,1H3,(H,16,17). The van der Waals surface area contributed by atoms with E-state index < -0.39 is 0 Å². The average Bonchev–Trinajstić information content (AvgIpc) is 2.37. The van der Waals surface area contributed by atoms with Gasteiger partial charge in [-0.25, -0.2) is 4.98 Å². The Hall–Kier alpha value is -1.19. The maximum atomic E-state index is 5.97. The number of pyridine rings is 1. The predicted octanol–water partition coefficient (Wildman–Crippen LogP) is 4.71. The highest BCUT2D eigenvalue weighted by Crippen LogP contribution is 2.30. The maximum Gasteiger partial charge on any atom is 0.127 e. The van der Waals surface area contributed by atoms with Gasteiger partial charge >= 0.3 is 0 Å². The van der Waals surface area contributed by atoms with Crippen LogP contribution in [0.1, 0.15) is 13.3 Å². The van der Waals surface area contributed by atoms with Gasteiger partial charge in [0, 0.05) is 27.6 Å². The fourth-order valence-electron chi connectivity index (χ4n) is 1.49. The van der Waals surface area contributed by atoms with Crippen LogP contribution in [0.3, 0.4) is 0 Å². The zero-order chi connectivity index (χ0) is 12.8. The zero-order valence-electron chi connectivity index (χ0n) is 10.2. The van der Waals surface area contributed by atoms with Crippen molar-refractivity contribution in [1.82, 2.24) is 4.98 Å². The van der Waals surface area contributed by atoms with Crippen molar-refractivity contribution in [2.24, 2.45) is 0 Å². The van der Waals surface area contributed by atoms with Gasteiger partial charge in [-0.15, -0.1) is 0 Å². The molecule has 94 valence electrons. The Kier molecular flexibility index (Phi) is 4.90. The quantitative estimate of drug-likeness (QED) is 0.857. The van der Waals surface area contributed by atoms with Crippen molar-refractivity contribution in [2.45, 2.75) is 23.1 Å². The Morgan fingerprint density at radius 1 is 1.22 bits per heavy atom. The van der Waals surface area contributed by atoms with Gasteiger partial charge in [-0.05, 0) is 36.8 Å². The molecule has 0 aliphatic carbocycles. The molecule has 18 heavy (non-hydrogen) atoms. The van der Waals surface area contributed by atoms with Gasteiger partial charge in [-0.3, -0.25) is 0 Å². The van der Waals surface area contributed by atoms with E-state index in [0.29, 0.717) is 0 Å². The number of anilines is 1. The first-order valence-corrected chi connectivity index (χ1v) is 7.10. The van der Waals surface area contributed by atoms with Crippen molar-refractivity contribution in [3.8, 4) is 0 Å². The molecular formula is C14H15ClN2S. The maximum absolute atomic E-state index is 5.97. The summed E-state index contributed by atoms with van der Waals surface area (Å²) < 4.78 is 0. The van der Waals surface area contributed by atoms with Crippen LogP contribution >= 0.6 is 23.4 Å². The molecule has 2 nitrogen and oxygen atoms in total. The van der Waals surface area contributed by atoms with E-state index in [1.807, 2.05) is 30.5 Å². The van der Waals surface area contributed by atoms with E-state index in [4.69, 9.17) is 11.6 Å². The second-order valence-corrected chi connectivity index (χ2v) is 5.45. The molecule has 0 bridgehead atoms. The number of rotatable bonds is 5. The lowest BCUT2D eigenvalue weighted by molar-refractivity contribution is 0.967. The Bertz CT molecular complexity index is 517. The molecule has 0 atom stereocenters. The van der Waals surface area contributed by atoms with E-state index in [2.05, 4.69) is 29.4 Å². The van der Waals surface area contributed by atoms with Crippen molar-refractivity contribution >= 4 is 29.2 Å². The van der Waals surface area contributed by atoms with E-state index in [-0.39, 0.29) is 0 Å². The Morgan fingerprint density at radius 3 is 2.83 bits per heavy atom. The monoisotopic (exact) mass is 278 g/mol. The fraction of sp³-hybridized carbons (Fsp3) is 0.214. The second kappa shape index (κ2) is 6.66. The normalized spacial score (nSPS) is 10.3. The molecule has 0 amide bonds. The molecule has 1 aromatic carbocycles. The summed E-state index contributed by atoms with van der Waals surface area (Å²) in [5.41, 5.74) is 0. The molecule has 0 fully saturated rings. The third-order valence-corrected chi connectivity index (χ3v) is 3.53. The van der Waals surface area contributed by atoms with Crippen LogP contribution in [0.15, 0.2) is 52.4 Å². The molecule has 2 rings (SSSR count). The zero-order valence-corrected chi connectivity index (χ0v) is 11.8. The first-order chi connectivity index (χ1) is 8.78. The molecule has 0 aliphatic heterocycles. The Labute approximate surface area is 117 Å². The van der Waals surface area contributed by atoms with Crippen LogP contribution in [0.5, 0.6) is 0 Å². The summed E-state index contributed by atoms with van der Waals surface area (Å²) >= 11 is 7.66. The number of benzene rings is 1. The minimum absolute atomic E-state index is 0.762. The summed E-state index contributed by atoms with van der Waals surface area (Å²) in [5.74, 6) is 0.920. The number of hydrogen-bond acceptors (Lipinski definition) is 3. The van der Waals surface area contributed by atoms with Crippen molar-refractivity contribution in [2.75, 3.05) is 11.9 Å². The molecule has 1 aromatic heterocycles. The Morgan fingerprint density at radius 2 is 2.06 bits per heavy atom.